The number of anilines is 2. The first-order chi connectivity index (χ1) is 9.61. The molecule has 0 aliphatic rings. The van der Waals surface area contributed by atoms with E-state index in [4.69, 9.17) is 10.5 Å². The molecule has 0 fully saturated rings. The van der Waals surface area contributed by atoms with E-state index in [2.05, 4.69) is 5.32 Å². The third-order valence-electron chi connectivity index (χ3n) is 3.04. The number of hydrogen-bond donors (Lipinski definition) is 2. The zero-order valence-corrected chi connectivity index (χ0v) is 11.6. The van der Waals surface area contributed by atoms with E-state index < -0.39 is 6.10 Å². The van der Waals surface area contributed by atoms with Crippen molar-refractivity contribution in [2.45, 2.75) is 13.0 Å². The SMILES string of the molecule is COC(C(=O)Nc1ccc(C)cc1N)c1ccccc1. The highest BCUT2D eigenvalue weighted by Gasteiger charge is 2.20. The van der Waals surface area contributed by atoms with Crippen LogP contribution in [0.1, 0.15) is 17.2 Å². The summed E-state index contributed by atoms with van der Waals surface area (Å²) >= 11 is 0. The molecule has 0 spiro atoms. The minimum Gasteiger partial charge on any atom is -0.397 e. The Morgan fingerprint density at radius 2 is 1.90 bits per heavy atom. The molecular formula is C16H18N2O2. The molecule has 0 saturated heterocycles. The number of aryl methyl sites for hydroxylation is 1. The van der Waals surface area contributed by atoms with Gasteiger partial charge in [0.25, 0.3) is 5.91 Å². The predicted octanol–water partition coefficient (Wildman–Crippen LogP) is 2.90. The smallest absolute Gasteiger partial charge is 0.258 e. The maximum absolute atomic E-state index is 12.3. The second-order valence-corrected chi connectivity index (χ2v) is 4.61. The van der Waals surface area contributed by atoms with Crippen molar-refractivity contribution in [3.8, 4) is 0 Å². The third kappa shape index (κ3) is 3.16. The van der Waals surface area contributed by atoms with Crippen LogP contribution in [-0.2, 0) is 9.53 Å². The van der Waals surface area contributed by atoms with Crippen molar-refractivity contribution in [2.75, 3.05) is 18.2 Å². The molecule has 1 unspecified atom stereocenters. The number of methoxy groups -OCH3 is 1. The van der Waals surface area contributed by atoms with Gasteiger partial charge in [-0.3, -0.25) is 4.79 Å². The van der Waals surface area contributed by atoms with E-state index in [1.165, 1.54) is 7.11 Å². The average Bonchev–Trinajstić information content (AvgIpc) is 2.44. The number of nitrogen functional groups attached to an aromatic ring is 1. The van der Waals surface area contributed by atoms with Crippen LogP contribution in [0, 0.1) is 6.92 Å². The lowest BCUT2D eigenvalue weighted by Crippen LogP contribution is -2.23. The number of rotatable bonds is 4. The lowest BCUT2D eigenvalue weighted by Gasteiger charge is -2.16. The summed E-state index contributed by atoms with van der Waals surface area (Å²) < 4.78 is 5.28. The highest BCUT2D eigenvalue weighted by Crippen LogP contribution is 2.23. The highest BCUT2D eigenvalue weighted by molar-refractivity contribution is 5.97. The number of carbonyl (C=O) groups excluding carboxylic acids is 1. The first-order valence-corrected chi connectivity index (χ1v) is 6.36. The van der Waals surface area contributed by atoms with Crippen molar-refractivity contribution in [1.82, 2.24) is 0 Å². The first-order valence-electron chi connectivity index (χ1n) is 6.36. The van der Waals surface area contributed by atoms with E-state index >= 15 is 0 Å². The fourth-order valence-corrected chi connectivity index (χ4v) is 2.02. The predicted molar refractivity (Wildman–Crippen MR) is 80.4 cm³/mol. The number of benzene rings is 2. The van der Waals surface area contributed by atoms with E-state index in [-0.39, 0.29) is 5.91 Å². The number of hydrogen-bond acceptors (Lipinski definition) is 3. The van der Waals surface area contributed by atoms with Gasteiger partial charge in [-0.05, 0) is 30.2 Å². The second-order valence-electron chi connectivity index (χ2n) is 4.61. The molecule has 0 aliphatic carbocycles. The molecule has 104 valence electrons. The summed E-state index contributed by atoms with van der Waals surface area (Å²) in [5.74, 6) is -0.241. The Balaban J connectivity index is 2.18. The van der Waals surface area contributed by atoms with Crippen LogP contribution < -0.4 is 11.1 Å². The van der Waals surface area contributed by atoms with Gasteiger partial charge in [-0.25, -0.2) is 0 Å². The van der Waals surface area contributed by atoms with Gasteiger partial charge in [-0.15, -0.1) is 0 Å². The largest absolute Gasteiger partial charge is 0.397 e. The Hall–Kier alpha value is -2.33. The lowest BCUT2D eigenvalue weighted by atomic mass is 10.1. The van der Waals surface area contributed by atoms with Crippen LogP contribution in [-0.4, -0.2) is 13.0 Å². The van der Waals surface area contributed by atoms with Gasteiger partial charge in [0.1, 0.15) is 0 Å². The molecule has 0 bridgehead atoms. The van der Waals surface area contributed by atoms with Crippen molar-refractivity contribution in [1.29, 1.82) is 0 Å². The number of carbonyl (C=O) groups is 1. The van der Waals surface area contributed by atoms with Crippen molar-refractivity contribution in [3.05, 3.63) is 59.7 Å². The summed E-state index contributed by atoms with van der Waals surface area (Å²) in [6.07, 6.45) is -0.656. The van der Waals surface area contributed by atoms with E-state index in [9.17, 15) is 4.79 Å². The molecule has 0 saturated carbocycles. The van der Waals surface area contributed by atoms with E-state index in [1.807, 2.05) is 49.4 Å². The van der Waals surface area contributed by atoms with E-state index in [0.29, 0.717) is 11.4 Å². The van der Waals surface area contributed by atoms with Gasteiger partial charge >= 0.3 is 0 Å². The van der Waals surface area contributed by atoms with Gasteiger partial charge in [-0.1, -0.05) is 36.4 Å². The number of nitrogens with two attached hydrogens (primary N) is 1. The van der Waals surface area contributed by atoms with Gasteiger partial charge in [0.2, 0.25) is 0 Å². The molecule has 4 heteroatoms. The van der Waals surface area contributed by atoms with Crippen molar-refractivity contribution in [3.63, 3.8) is 0 Å². The van der Waals surface area contributed by atoms with Crippen LogP contribution in [0.25, 0.3) is 0 Å². The van der Waals surface area contributed by atoms with E-state index in [1.54, 1.807) is 6.07 Å². The van der Waals surface area contributed by atoms with E-state index in [0.717, 1.165) is 11.1 Å². The van der Waals surface area contributed by atoms with Crippen molar-refractivity contribution < 1.29 is 9.53 Å². The van der Waals surface area contributed by atoms with Crippen LogP contribution in [0.15, 0.2) is 48.5 Å². The summed E-state index contributed by atoms with van der Waals surface area (Å²) in [4.78, 5) is 12.3. The minimum atomic E-state index is -0.656. The fraction of sp³-hybridized carbons (Fsp3) is 0.188. The topological polar surface area (TPSA) is 64.3 Å². The summed E-state index contributed by atoms with van der Waals surface area (Å²) in [5.41, 5.74) is 8.89. The Labute approximate surface area is 118 Å². The maximum atomic E-state index is 12.3. The molecule has 1 amide bonds. The van der Waals surface area contributed by atoms with Crippen LogP contribution in [0.2, 0.25) is 0 Å². The van der Waals surface area contributed by atoms with Gasteiger partial charge in [-0.2, -0.15) is 0 Å². The molecule has 4 nitrogen and oxygen atoms in total. The molecule has 2 aromatic carbocycles. The Kier molecular flexibility index (Phi) is 4.38. The average molecular weight is 270 g/mol. The Bertz CT molecular complexity index is 597. The first kappa shape index (κ1) is 14.1. The van der Waals surface area contributed by atoms with Crippen molar-refractivity contribution >= 4 is 17.3 Å². The Morgan fingerprint density at radius 3 is 2.50 bits per heavy atom. The normalized spacial score (nSPS) is 11.9. The number of amides is 1. The van der Waals surface area contributed by atoms with Gasteiger partial charge in [0.15, 0.2) is 6.10 Å². The summed E-state index contributed by atoms with van der Waals surface area (Å²) in [7, 11) is 1.51. The zero-order chi connectivity index (χ0) is 14.5. The zero-order valence-electron chi connectivity index (χ0n) is 11.6. The summed E-state index contributed by atoms with van der Waals surface area (Å²) in [6, 6.07) is 14.9. The highest BCUT2D eigenvalue weighted by atomic mass is 16.5. The summed E-state index contributed by atoms with van der Waals surface area (Å²) in [6.45, 7) is 1.95. The molecule has 0 aliphatic heterocycles. The molecule has 2 rings (SSSR count). The molecular weight excluding hydrogens is 252 g/mol. The number of ether oxygens (including phenoxy) is 1. The fourth-order valence-electron chi connectivity index (χ4n) is 2.02. The molecule has 0 aromatic heterocycles. The number of nitrogens with one attached hydrogen (secondary N) is 1. The molecule has 0 heterocycles. The maximum Gasteiger partial charge on any atom is 0.258 e. The molecule has 3 N–H and O–H groups in total. The molecule has 2 aromatic rings. The van der Waals surface area contributed by atoms with Crippen molar-refractivity contribution in [2.24, 2.45) is 0 Å². The Morgan fingerprint density at radius 1 is 1.20 bits per heavy atom. The van der Waals surface area contributed by atoms with Gasteiger partial charge in [0.05, 0.1) is 11.4 Å². The minimum absolute atomic E-state index is 0.241. The molecule has 0 radical (unpaired) electrons. The van der Waals surface area contributed by atoms with Crippen LogP contribution in [0.4, 0.5) is 11.4 Å². The van der Waals surface area contributed by atoms with Crippen LogP contribution in [0.5, 0.6) is 0 Å². The van der Waals surface area contributed by atoms with Gasteiger partial charge in [0, 0.05) is 7.11 Å². The van der Waals surface area contributed by atoms with Crippen LogP contribution >= 0.6 is 0 Å². The third-order valence-corrected chi connectivity index (χ3v) is 3.04. The quantitative estimate of drug-likeness (QED) is 0.840. The monoisotopic (exact) mass is 270 g/mol. The second kappa shape index (κ2) is 6.21. The molecule has 20 heavy (non-hydrogen) atoms. The standard InChI is InChI=1S/C16H18N2O2/c1-11-8-9-14(13(17)10-11)18-16(19)15(20-2)12-6-4-3-5-7-12/h3-10,15H,17H2,1-2H3,(H,18,19). The lowest BCUT2D eigenvalue weighted by molar-refractivity contribution is -0.126. The van der Waals surface area contributed by atoms with Gasteiger partial charge < -0.3 is 15.8 Å². The summed E-state index contributed by atoms with van der Waals surface area (Å²) in [5, 5.41) is 2.80. The van der Waals surface area contributed by atoms with Crippen LogP contribution in [0.3, 0.4) is 0 Å². The molecule has 1 atom stereocenters.